The van der Waals surface area contributed by atoms with Gasteiger partial charge in [-0.25, -0.2) is 0 Å². The Labute approximate surface area is 108 Å². The van der Waals surface area contributed by atoms with Crippen molar-refractivity contribution in [2.45, 2.75) is 50.9 Å². The molecule has 1 fully saturated rings. The SMILES string of the molecule is CC1(C)CC(O)(c2ccc(Cl)cc2)C(C)(C)O1. The van der Waals surface area contributed by atoms with Gasteiger partial charge in [0, 0.05) is 11.4 Å². The van der Waals surface area contributed by atoms with Crippen LogP contribution in [0.15, 0.2) is 24.3 Å². The number of halogens is 1. The summed E-state index contributed by atoms with van der Waals surface area (Å²) in [6.45, 7) is 7.86. The summed E-state index contributed by atoms with van der Waals surface area (Å²) in [6.07, 6.45) is 0.578. The van der Waals surface area contributed by atoms with Gasteiger partial charge < -0.3 is 9.84 Å². The van der Waals surface area contributed by atoms with Crippen molar-refractivity contribution in [2.75, 3.05) is 0 Å². The van der Waals surface area contributed by atoms with E-state index in [1.807, 2.05) is 39.8 Å². The molecule has 94 valence electrons. The molecule has 0 aliphatic carbocycles. The van der Waals surface area contributed by atoms with Crippen molar-refractivity contribution in [1.29, 1.82) is 0 Å². The maximum Gasteiger partial charge on any atom is 0.121 e. The highest BCUT2D eigenvalue weighted by molar-refractivity contribution is 6.30. The molecule has 1 N–H and O–H groups in total. The van der Waals surface area contributed by atoms with Gasteiger partial charge in [-0.2, -0.15) is 0 Å². The first kappa shape index (κ1) is 12.9. The van der Waals surface area contributed by atoms with Crippen LogP contribution in [0.5, 0.6) is 0 Å². The lowest BCUT2D eigenvalue weighted by Crippen LogP contribution is -2.43. The van der Waals surface area contributed by atoms with Crippen molar-refractivity contribution in [3.8, 4) is 0 Å². The molecule has 1 aliphatic heterocycles. The van der Waals surface area contributed by atoms with Crippen molar-refractivity contribution < 1.29 is 9.84 Å². The number of benzene rings is 1. The molecule has 1 unspecified atom stereocenters. The third-order valence-electron chi connectivity index (χ3n) is 3.53. The van der Waals surface area contributed by atoms with E-state index in [2.05, 4.69) is 0 Å². The van der Waals surface area contributed by atoms with Crippen molar-refractivity contribution in [1.82, 2.24) is 0 Å². The van der Waals surface area contributed by atoms with Crippen molar-refractivity contribution in [3.05, 3.63) is 34.9 Å². The van der Waals surface area contributed by atoms with E-state index in [1.165, 1.54) is 0 Å². The summed E-state index contributed by atoms with van der Waals surface area (Å²) in [5.74, 6) is 0. The number of hydrogen-bond acceptors (Lipinski definition) is 2. The third-order valence-corrected chi connectivity index (χ3v) is 3.78. The first-order valence-electron chi connectivity index (χ1n) is 5.85. The molecule has 1 heterocycles. The molecule has 1 aromatic carbocycles. The molecular weight excluding hydrogens is 236 g/mol. The molecule has 1 aromatic rings. The van der Waals surface area contributed by atoms with Crippen molar-refractivity contribution in [3.63, 3.8) is 0 Å². The standard InChI is InChI=1S/C14H19ClO2/c1-12(2)9-14(16,13(3,4)17-12)10-5-7-11(15)8-6-10/h5-8,16H,9H2,1-4H3. The van der Waals surface area contributed by atoms with Crippen molar-refractivity contribution >= 4 is 11.6 Å². The molecule has 0 spiro atoms. The first-order chi connectivity index (χ1) is 7.66. The molecular formula is C14H19ClO2. The average Bonchev–Trinajstić information content (AvgIpc) is 2.32. The zero-order chi connectivity index (χ0) is 12.9. The van der Waals surface area contributed by atoms with Gasteiger partial charge >= 0.3 is 0 Å². The van der Waals surface area contributed by atoms with E-state index < -0.39 is 11.2 Å². The van der Waals surface area contributed by atoms with Gasteiger partial charge in [-0.15, -0.1) is 0 Å². The highest BCUT2D eigenvalue weighted by Crippen LogP contribution is 2.50. The molecule has 0 bridgehead atoms. The van der Waals surface area contributed by atoms with Gasteiger partial charge in [-0.1, -0.05) is 23.7 Å². The Morgan fingerprint density at radius 1 is 1.12 bits per heavy atom. The topological polar surface area (TPSA) is 29.5 Å². The van der Waals surface area contributed by atoms with Crippen LogP contribution in [0.1, 0.15) is 39.7 Å². The van der Waals surface area contributed by atoms with Crippen LogP contribution in [0.25, 0.3) is 0 Å². The Hall–Kier alpha value is -0.570. The van der Waals surface area contributed by atoms with Crippen LogP contribution in [0.3, 0.4) is 0 Å². The summed E-state index contributed by atoms with van der Waals surface area (Å²) in [5, 5.41) is 11.6. The van der Waals surface area contributed by atoms with Crippen LogP contribution in [-0.2, 0) is 10.3 Å². The third kappa shape index (κ3) is 2.10. The van der Waals surface area contributed by atoms with E-state index >= 15 is 0 Å². The van der Waals surface area contributed by atoms with Gasteiger partial charge in [0.25, 0.3) is 0 Å². The molecule has 0 radical (unpaired) electrons. The van der Waals surface area contributed by atoms with Gasteiger partial charge in [0.15, 0.2) is 0 Å². The van der Waals surface area contributed by atoms with Crippen LogP contribution in [0.2, 0.25) is 5.02 Å². The predicted molar refractivity (Wildman–Crippen MR) is 69.2 cm³/mol. The summed E-state index contributed by atoms with van der Waals surface area (Å²) < 4.78 is 5.95. The molecule has 0 amide bonds. The van der Waals surface area contributed by atoms with Crippen LogP contribution >= 0.6 is 11.6 Å². The first-order valence-corrected chi connectivity index (χ1v) is 6.23. The molecule has 0 saturated carbocycles. The summed E-state index contributed by atoms with van der Waals surface area (Å²) in [4.78, 5) is 0. The second kappa shape index (κ2) is 3.71. The summed E-state index contributed by atoms with van der Waals surface area (Å²) in [6, 6.07) is 7.34. The minimum atomic E-state index is -0.971. The lowest BCUT2D eigenvalue weighted by Gasteiger charge is -2.35. The van der Waals surface area contributed by atoms with E-state index in [0.717, 1.165) is 5.56 Å². The Kier molecular flexibility index (Phi) is 2.81. The second-order valence-corrected chi connectivity index (χ2v) is 6.35. The lowest BCUT2D eigenvalue weighted by atomic mass is 9.77. The second-order valence-electron chi connectivity index (χ2n) is 5.92. The molecule has 17 heavy (non-hydrogen) atoms. The van der Waals surface area contributed by atoms with Gasteiger partial charge in [0.05, 0.1) is 11.2 Å². The number of hydrogen-bond donors (Lipinski definition) is 1. The quantitative estimate of drug-likeness (QED) is 0.831. The Balaban J connectivity index is 2.45. The molecule has 3 heteroatoms. The van der Waals surface area contributed by atoms with E-state index in [-0.39, 0.29) is 5.60 Å². The number of ether oxygens (including phenoxy) is 1. The normalized spacial score (nSPS) is 30.5. The fraction of sp³-hybridized carbons (Fsp3) is 0.571. The van der Waals surface area contributed by atoms with E-state index in [1.54, 1.807) is 12.1 Å². The van der Waals surface area contributed by atoms with Crippen LogP contribution in [0, 0.1) is 0 Å². The zero-order valence-corrected chi connectivity index (χ0v) is 11.5. The lowest BCUT2D eigenvalue weighted by molar-refractivity contribution is -0.129. The van der Waals surface area contributed by atoms with Gasteiger partial charge in [-0.05, 0) is 45.4 Å². The number of aliphatic hydroxyl groups is 1. The molecule has 2 nitrogen and oxygen atoms in total. The minimum absolute atomic E-state index is 0.322. The summed E-state index contributed by atoms with van der Waals surface area (Å²) in [5.41, 5.74) is -1.04. The fourth-order valence-electron chi connectivity index (χ4n) is 2.82. The van der Waals surface area contributed by atoms with E-state index in [4.69, 9.17) is 16.3 Å². The summed E-state index contributed by atoms with van der Waals surface area (Å²) >= 11 is 5.88. The maximum absolute atomic E-state index is 10.9. The fourth-order valence-corrected chi connectivity index (χ4v) is 2.94. The molecule has 1 aliphatic rings. The summed E-state index contributed by atoms with van der Waals surface area (Å²) in [7, 11) is 0. The maximum atomic E-state index is 10.9. The van der Waals surface area contributed by atoms with Gasteiger partial charge in [0.2, 0.25) is 0 Å². The van der Waals surface area contributed by atoms with Crippen LogP contribution in [0.4, 0.5) is 0 Å². The van der Waals surface area contributed by atoms with E-state index in [0.29, 0.717) is 11.4 Å². The Bertz CT molecular complexity index is 422. The monoisotopic (exact) mass is 254 g/mol. The van der Waals surface area contributed by atoms with Crippen LogP contribution in [-0.4, -0.2) is 16.3 Å². The van der Waals surface area contributed by atoms with E-state index in [9.17, 15) is 5.11 Å². The highest BCUT2D eigenvalue weighted by Gasteiger charge is 2.57. The van der Waals surface area contributed by atoms with Crippen molar-refractivity contribution in [2.24, 2.45) is 0 Å². The largest absolute Gasteiger partial charge is 0.382 e. The molecule has 1 atom stereocenters. The molecule has 0 aromatic heterocycles. The van der Waals surface area contributed by atoms with Gasteiger partial charge in [-0.3, -0.25) is 0 Å². The predicted octanol–water partition coefficient (Wildman–Crippen LogP) is 3.51. The number of rotatable bonds is 1. The molecule has 1 saturated heterocycles. The minimum Gasteiger partial charge on any atom is -0.382 e. The zero-order valence-electron chi connectivity index (χ0n) is 10.7. The average molecular weight is 255 g/mol. The smallest absolute Gasteiger partial charge is 0.121 e. The Morgan fingerprint density at radius 3 is 2.06 bits per heavy atom. The van der Waals surface area contributed by atoms with Crippen LogP contribution < -0.4 is 0 Å². The highest BCUT2D eigenvalue weighted by atomic mass is 35.5. The Morgan fingerprint density at radius 2 is 1.65 bits per heavy atom. The molecule has 2 rings (SSSR count). The van der Waals surface area contributed by atoms with Gasteiger partial charge in [0.1, 0.15) is 5.60 Å².